The maximum absolute atomic E-state index is 12.6. The van der Waals surface area contributed by atoms with Crippen LogP contribution in [0.25, 0.3) is 0 Å². The number of halogens is 3. The third kappa shape index (κ3) is 3.79. The Morgan fingerprint density at radius 1 is 1.30 bits per heavy atom. The molecule has 0 aromatic heterocycles. The van der Waals surface area contributed by atoms with Crippen LogP contribution in [-0.2, 0) is 6.18 Å². The Morgan fingerprint density at radius 2 is 1.95 bits per heavy atom. The van der Waals surface area contributed by atoms with Crippen molar-refractivity contribution in [1.82, 2.24) is 4.90 Å². The number of nitrogens with zero attached hydrogens (tertiary/aromatic N) is 1. The summed E-state index contributed by atoms with van der Waals surface area (Å²) in [5.74, 6) is 0. The third-order valence-electron chi connectivity index (χ3n) is 3.51. The molecule has 1 heterocycles. The normalized spacial score (nSPS) is 18.2. The molecule has 1 aliphatic rings. The molecule has 0 saturated carbocycles. The van der Waals surface area contributed by atoms with E-state index in [4.69, 9.17) is 5.73 Å². The molecular weight excluding hydrogens is 267 g/mol. The van der Waals surface area contributed by atoms with E-state index in [1.165, 1.54) is 18.9 Å². The smallest absolute Gasteiger partial charge is 0.397 e. The largest absolute Gasteiger partial charge is 0.416 e. The quantitative estimate of drug-likeness (QED) is 0.836. The van der Waals surface area contributed by atoms with E-state index < -0.39 is 11.7 Å². The van der Waals surface area contributed by atoms with Gasteiger partial charge in [-0.15, -0.1) is 0 Å². The molecule has 1 aromatic rings. The fraction of sp³-hybridized carbons (Fsp3) is 0.571. The van der Waals surface area contributed by atoms with E-state index >= 15 is 0 Å². The number of hydrogen-bond donors (Lipinski definition) is 2. The predicted octanol–water partition coefficient (Wildman–Crippen LogP) is 3.18. The van der Waals surface area contributed by atoms with Crippen LogP contribution >= 0.6 is 0 Å². The van der Waals surface area contributed by atoms with E-state index in [0.717, 1.165) is 31.8 Å². The maximum Gasteiger partial charge on any atom is 0.416 e. The average Bonchev–Trinajstić information content (AvgIpc) is 2.83. The molecule has 3 nitrogen and oxygen atoms in total. The highest BCUT2D eigenvalue weighted by molar-refractivity contribution is 5.67. The first kappa shape index (κ1) is 15.0. The Balaban J connectivity index is 1.98. The van der Waals surface area contributed by atoms with Gasteiger partial charge in [0.05, 0.1) is 16.9 Å². The zero-order valence-electron chi connectivity index (χ0n) is 11.5. The number of hydrogen-bond acceptors (Lipinski definition) is 3. The topological polar surface area (TPSA) is 41.3 Å². The van der Waals surface area contributed by atoms with Gasteiger partial charge >= 0.3 is 6.18 Å². The third-order valence-corrected chi connectivity index (χ3v) is 3.51. The molecule has 1 aromatic carbocycles. The molecule has 0 radical (unpaired) electrons. The number of nitrogen functional groups attached to an aromatic ring is 1. The molecule has 1 aliphatic heterocycles. The molecule has 112 valence electrons. The van der Waals surface area contributed by atoms with Crippen molar-refractivity contribution in [3.63, 3.8) is 0 Å². The molecule has 0 bridgehead atoms. The zero-order valence-corrected chi connectivity index (χ0v) is 11.5. The van der Waals surface area contributed by atoms with Crippen molar-refractivity contribution in [3.05, 3.63) is 23.8 Å². The summed E-state index contributed by atoms with van der Waals surface area (Å²) in [5.41, 5.74) is 5.68. The van der Waals surface area contributed by atoms with Gasteiger partial charge in [0.15, 0.2) is 0 Å². The number of alkyl halides is 3. The van der Waals surface area contributed by atoms with Crippen molar-refractivity contribution in [2.45, 2.75) is 32.0 Å². The molecule has 1 unspecified atom stereocenters. The van der Waals surface area contributed by atoms with E-state index in [1.54, 1.807) is 0 Å². The van der Waals surface area contributed by atoms with Gasteiger partial charge in [-0.1, -0.05) is 0 Å². The van der Waals surface area contributed by atoms with E-state index in [2.05, 4.69) is 10.2 Å². The van der Waals surface area contributed by atoms with Crippen LogP contribution in [0.5, 0.6) is 0 Å². The van der Waals surface area contributed by atoms with Gasteiger partial charge in [-0.3, -0.25) is 0 Å². The van der Waals surface area contributed by atoms with Gasteiger partial charge in [0.2, 0.25) is 0 Å². The van der Waals surface area contributed by atoms with Gasteiger partial charge in [0, 0.05) is 12.6 Å². The molecule has 0 spiro atoms. The number of nitrogens with one attached hydrogen (secondary N) is 1. The molecular formula is C14H20F3N3. The summed E-state index contributed by atoms with van der Waals surface area (Å²) in [6.45, 7) is 5.07. The van der Waals surface area contributed by atoms with Gasteiger partial charge in [0.25, 0.3) is 0 Å². The second-order valence-electron chi connectivity index (χ2n) is 5.35. The van der Waals surface area contributed by atoms with Crippen molar-refractivity contribution in [1.29, 1.82) is 0 Å². The molecule has 1 saturated heterocycles. The lowest BCUT2D eigenvalue weighted by atomic mass is 10.1. The molecule has 6 heteroatoms. The first-order valence-electron chi connectivity index (χ1n) is 6.82. The summed E-state index contributed by atoms with van der Waals surface area (Å²) in [4.78, 5) is 2.35. The fourth-order valence-corrected chi connectivity index (χ4v) is 2.53. The van der Waals surface area contributed by atoms with Crippen LogP contribution in [-0.4, -0.2) is 30.6 Å². The Morgan fingerprint density at radius 3 is 2.50 bits per heavy atom. The Bertz CT molecular complexity index is 453. The van der Waals surface area contributed by atoms with Crippen LogP contribution in [0, 0.1) is 0 Å². The van der Waals surface area contributed by atoms with Crippen LogP contribution in [0.2, 0.25) is 0 Å². The van der Waals surface area contributed by atoms with E-state index in [-0.39, 0.29) is 11.7 Å². The summed E-state index contributed by atoms with van der Waals surface area (Å²) in [6.07, 6.45) is -1.92. The first-order chi connectivity index (χ1) is 9.36. The van der Waals surface area contributed by atoms with Crippen molar-refractivity contribution >= 4 is 11.4 Å². The summed E-state index contributed by atoms with van der Waals surface area (Å²) < 4.78 is 37.7. The molecule has 20 heavy (non-hydrogen) atoms. The minimum Gasteiger partial charge on any atom is -0.397 e. The molecule has 0 aliphatic carbocycles. The SMILES string of the molecule is CC(CN1CCCC1)Nc1ccc(C(F)(F)F)cc1N. The highest BCUT2D eigenvalue weighted by Crippen LogP contribution is 2.33. The Hall–Kier alpha value is -1.43. The summed E-state index contributed by atoms with van der Waals surface area (Å²) >= 11 is 0. The number of benzene rings is 1. The average molecular weight is 287 g/mol. The summed E-state index contributed by atoms with van der Waals surface area (Å²) in [5, 5.41) is 3.18. The minimum absolute atomic E-state index is 0.132. The van der Waals surface area contributed by atoms with Gasteiger partial charge in [-0.25, -0.2) is 0 Å². The highest BCUT2D eigenvalue weighted by Gasteiger charge is 2.30. The molecule has 3 N–H and O–H groups in total. The number of rotatable bonds is 4. The van der Waals surface area contributed by atoms with E-state index in [9.17, 15) is 13.2 Å². The first-order valence-corrected chi connectivity index (χ1v) is 6.82. The predicted molar refractivity (Wildman–Crippen MR) is 74.6 cm³/mol. The lowest BCUT2D eigenvalue weighted by molar-refractivity contribution is -0.137. The molecule has 1 atom stereocenters. The zero-order chi connectivity index (χ0) is 14.8. The molecule has 0 amide bonds. The number of anilines is 2. The molecule has 1 fully saturated rings. The van der Waals surface area contributed by atoms with Crippen molar-refractivity contribution in [3.8, 4) is 0 Å². The lowest BCUT2D eigenvalue weighted by Crippen LogP contribution is -2.33. The Labute approximate surface area is 116 Å². The standard InChI is InChI=1S/C14H20F3N3/c1-10(9-20-6-2-3-7-20)19-13-5-4-11(8-12(13)18)14(15,16)17/h4-5,8,10,19H,2-3,6-7,9,18H2,1H3. The summed E-state index contributed by atoms with van der Waals surface area (Å²) in [6, 6.07) is 3.58. The van der Waals surface area contributed by atoms with Crippen LogP contribution < -0.4 is 11.1 Å². The fourth-order valence-electron chi connectivity index (χ4n) is 2.53. The van der Waals surface area contributed by atoms with E-state index in [1.807, 2.05) is 6.92 Å². The van der Waals surface area contributed by atoms with Crippen LogP contribution in [0.3, 0.4) is 0 Å². The van der Waals surface area contributed by atoms with Crippen LogP contribution in [0.1, 0.15) is 25.3 Å². The Kier molecular flexibility index (Phi) is 4.42. The second-order valence-corrected chi connectivity index (χ2v) is 5.35. The summed E-state index contributed by atoms with van der Waals surface area (Å²) in [7, 11) is 0. The lowest BCUT2D eigenvalue weighted by Gasteiger charge is -2.23. The minimum atomic E-state index is -4.35. The van der Waals surface area contributed by atoms with Gasteiger partial charge < -0.3 is 16.0 Å². The second kappa shape index (κ2) is 5.91. The highest BCUT2D eigenvalue weighted by atomic mass is 19.4. The van der Waals surface area contributed by atoms with Crippen molar-refractivity contribution < 1.29 is 13.2 Å². The van der Waals surface area contributed by atoms with Crippen molar-refractivity contribution in [2.24, 2.45) is 0 Å². The maximum atomic E-state index is 12.6. The number of nitrogens with two attached hydrogens (primary N) is 1. The van der Waals surface area contributed by atoms with Gasteiger partial charge in [0.1, 0.15) is 0 Å². The monoisotopic (exact) mass is 287 g/mol. The van der Waals surface area contributed by atoms with Gasteiger partial charge in [-0.05, 0) is 51.1 Å². The number of likely N-dealkylation sites (tertiary alicyclic amines) is 1. The van der Waals surface area contributed by atoms with Crippen LogP contribution in [0.4, 0.5) is 24.5 Å². The molecule has 2 rings (SSSR count). The van der Waals surface area contributed by atoms with Gasteiger partial charge in [-0.2, -0.15) is 13.2 Å². The van der Waals surface area contributed by atoms with Crippen molar-refractivity contribution in [2.75, 3.05) is 30.7 Å². The van der Waals surface area contributed by atoms with Crippen LogP contribution in [0.15, 0.2) is 18.2 Å². The van der Waals surface area contributed by atoms with E-state index in [0.29, 0.717) is 5.69 Å².